The van der Waals surface area contributed by atoms with Crippen LogP contribution in [0.15, 0.2) is 34.1 Å². The van der Waals surface area contributed by atoms with Crippen LogP contribution in [0.25, 0.3) is 6.08 Å². The highest BCUT2D eigenvalue weighted by atomic mass is 32.2. The Morgan fingerprint density at radius 3 is 2.50 bits per heavy atom. The fourth-order valence-electron chi connectivity index (χ4n) is 2.69. The van der Waals surface area contributed by atoms with E-state index >= 15 is 0 Å². The number of amides is 3. The lowest BCUT2D eigenvalue weighted by molar-refractivity contribution is -0.135. The highest BCUT2D eigenvalue weighted by Gasteiger charge is 2.37. The van der Waals surface area contributed by atoms with Crippen molar-refractivity contribution in [2.45, 2.75) is 17.7 Å². The molecule has 126 valence electrons. The average molecular weight is 362 g/mol. The number of hydrogen-bond acceptors (Lipinski definition) is 5. The van der Waals surface area contributed by atoms with Crippen molar-refractivity contribution < 1.29 is 14.4 Å². The average Bonchev–Trinajstić information content (AvgIpc) is 3.20. The van der Waals surface area contributed by atoms with Crippen LogP contribution in [0.4, 0.5) is 4.79 Å². The number of likely N-dealkylation sites (tertiary alicyclic amines) is 1. The number of benzene rings is 1. The minimum atomic E-state index is -0.383. The Morgan fingerprint density at radius 2 is 1.88 bits per heavy atom. The maximum Gasteiger partial charge on any atom is 0.294 e. The van der Waals surface area contributed by atoms with Crippen LogP contribution in [0.3, 0.4) is 0 Å². The minimum absolute atomic E-state index is 0.152. The molecule has 3 amide bonds. The van der Waals surface area contributed by atoms with E-state index in [1.165, 1.54) is 0 Å². The number of rotatable bonds is 4. The van der Waals surface area contributed by atoms with Crippen LogP contribution in [0.2, 0.25) is 0 Å². The lowest BCUT2D eigenvalue weighted by Crippen LogP contribution is -2.40. The molecule has 2 saturated heterocycles. The molecule has 0 unspecified atom stereocenters. The summed E-state index contributed by atoms with van der Waals surface area (Å²) in [5.74, 6) is -0.535. The number of carbonyl (C=O) groups is 3. The van der Waals surface area contributed by atoms with E-state index in [-0.39, 0.29) is 23.6 Å². The van der Waals surface area contributed by atoms with Gasteiger partial charge in [0, 0.05) is 18.0 Å². The Hall–Kier alpha value is -1.73. The Balaban J connectivity index is 1.70. The summed E-state index contributed by atoms with van der Waals surface area (Å²) in [7, 11) is 0. The molecular formula is C17H18N2O3S2. The quantitative estimate of drug-likeness (QED) is 0.609. The lowest BCUT2D eigenvalue weighted by atomic mass is 10.2. The van der Waals surface area contributed by atoms with Gasteiger partial charge in [-0.2, -0.15) is 0 Å². The van der Waals surface area contributed by atoms with Gasteiger partial charge >= 0.3 is 0 Å². The molecule has 1 aromatic carbocycles. The first kappa shape index (κ1) is 17.1. The summed E-state index contributed by atoms with van der Waals surface area (Å²) in [6.07, 6.45) is 5.67. The van der Waals surface area contributed by atoms with Crippen LogP contribution >= 0.6 is 23.5 Å². The third-order valence-electron chi connectivity index (χ3n) is 4.04. The van der Waals surface area contributed by atoms with E-state index in [0.29, 0.717) is 18.0 Å². The second kappa shape index (κ2) is 7.44. The summed E-state index contributed by atoms with van der Waals surface area (Å²) in [5, 5.41) is -0.375. The molecule has 0 N–H and O–H groups in total. The molecule has 0 radical (unpaired) electrons. The molecule has 0 bridgehead atoms. The smallest absolute Gasteiger partial charge is 0.294 e. The number of thioether (sulfide) groups is 2. The molecule has 1 aromatic rings. The van der Waals surface area contributed by atoms with E-state index < -0.39 is 0 Å². The molecule has 5 nitrogen and oxygen atoms in total. The monoisotopic (exact) mass is 362 g/mol. The van der Waals surface area contributed by atoms with Gasteiger partial charge in [-0.25, -0.2) is 0 Å². The van der Waals surface area contributed by atoms with Crippen molar-refractivity contribution in [3.05, 3.63) is 34.7 Å². The number of hydrogen-bond donors (Lipinski definition) is 0. The van der Waals surface area contributed by atoms with Crippen molar-refractivity contribution >= 4 is 46.7 Å². The van der Waals surface area contributed by atoms with Gasteiger partial charge in [0.2, 0.25) is 5.91 Å². The molecule has 24 heavy (non-hydrogen) atoms. The highest BCUT2D eigenvalue weighted by molar-refractivity contribution is 8.18. The van der Waals surface area contributed by atoms with Gasteiger partial charge in [-0.15, -0.1) is 11.8 Å². The highest BCUT2D eigenvalue weighted by Crippen LogP contribution is 2.32. The van der Waals surface area contributed by atoms with Crippen molar-refractivity contribution in [3.63, 3.8) is 0 Å². The van der Waals surface area contributed by atoms with Crippen LogP contribution in [-0.2, 0) is 9.59 Å². The predicted octanol–water partition coefficient (Wildman–Crippen LogP) is 3.07. The summed E-state index contributed by atoms with van der Waals surface area (Å²) in [6, 6.07) is 7.76. The van der Waals surface area contributed by atoms with Gasteiger partial charge in [-0.05, 0) is 54.6 Å². The lowest BCUT2D eigenvalue weighted by Gasteiger charge is -2.18. The molecule has 0 aliphatic carbocycles. The van der Waals surface area contributed by atoms with E-state index in [1.807, 2.05) is 30.5 Å². The molecule has 0 saturated carbocycles. The van der Waals surface area contributed by atoms with Crippen LogP contribution < -0.4 is 0 Å². The van der Waals surface area contributed by atoms with Crippen LogP contribution in [0.1, 0.15) is 18.4 Å². The maximum absolute atomic E-state index is 12.4. The summed E-state index contributed by atoms with van der Waals surface area (Å²) in [4.78, 5) is 41.0. The first-order valence-electron chi connectivity index (χ1n) is 7.75. The summed E-state index contributed by atoms with van der Waals surface area (Å²) in [6.45, 7) is 1.27. The van der Waals surface area contributed by atoms with Gasteiger partial charge in [0.15, 0.2) is 0 Å². The Bertz CT molecular complexity index is 694. The van der Waals surface area contributed by atoms with Crippen molar-refractivity contribution in [2.24, 2.45) is 0 Å². The Kier molecular flexibility index (Phi) is 5.30. The fourth-order valence-corrected chi connectivity index (χ4v) is 3.94. The predicted molar refractivity (Wildman–Crippen MR) is 96.7 cm³/mol. The molecule has 2 aliphatic rings. The standard InChI is InChI=1S/C17H18N2O3S2/c1-23-13-6-4-12(5-7-13)10-14-16(21)19(17(22)24-14)11-15(20)18-8-2-3-9-18/h4-7,10H,2-3,8-9,11H2,1H3/b14-10+. The third-order valence-corrected chi connectivity index (χ3v) is 5.69. The van der Waals surface area contributed by atoms with Crippen molar-refractivity contribution in [1.82, 2.24) is 9.80 Å². The molecule has 0 spiro atoms. The zero-order valence-electron chi connectivity index (χ0n) is 13.4. The number of carbonyl (C=O) groups excluding carboxylic acids is 3. The largest absolute Gasteiger partial charge is 0.341 e. The van der Waals surface area contributed by atoms with E-state index in [4.69, 9.17) is 0 Å². The van der Waals surface area contributed by atoms with Crippen LogP contribution in [-0.4, -0.2) is 52.7 Å². The number of imide groups is 1. The van der Waals surface area contributed by atoms with Crippen LogP contribution in [0.5, 0.6) is 0 Å². The molecule has 3 rings (SSSR count). The summed E-state index contributed by atoms with van der Waals surface area (Å²) >= 11 is 2.54. The van der Waals surface area contributed by atoms with E-state index in [1.54, 1.807) is 22.7 Å². The molecule has 0 aromatic heterocycles. The van der Waals surface area contributed by atoms with Crippen molar-refractivity contribution in [2.75, 3.05) is 25.9 Å². The molecule has 0 atom stereocenters. The molecule has 2 fully saturated rings. The maximum atomic E-state index is 12.4. The van der Waals surface area contributed by atoms with E-state index in [2.05, 4.69) is 0 Å². The molecule has 2 aliphatic heterocycles. The van der Waals surface area contributed by atoms with E-state index in [9.17, 15) is 14.4 Å². The topological polar surface area (TPSA) is 57.7 Å². The van der Waals surface area contributed by atoms with Crippen LogP contribution in [0, 0.1) is 0 Å². The normalized spacial score (nSPS) is 19.6. The Morgan fingerprint density at radius 1 is 1.21 bits per heavy atom. The number of nitrogens with zero attached hydrogens (tertiary/aromatic N) is 2. The zero-order chi connectivity index (χ0) is 17.1. The van der Waals surface area contributed by atoms with Gasteiger partial charge in [-0.3, -0.25) is 19.3 Å². The van der Waals surface area contributed by atoms with Gasteiger partial charge in [0.05, 0.1) is 4.91 Å². The molecule has 2 heterocycles. The van der Waals surface area contributed by atoms with E-state index in [0.717, 1.165) is 40.0 Å². The first-order valence-corrected chi connectivity index (χ1v) is 9.80. The summed E-state index contributed by atoms with van der Waals surface area (Å²) < 4.78 is 0. The van der Waals surface area contributed by atoms with Gasteiger partial charge in [0.25, 0.3) is 11.1 Å². The molecular weight excluding hydrogens is 344 g/mol. The van der Waals surface area contributed by atoms with Crippen molar-refractivity contribution in [3.8, 4) is 0 Å². The Labute approximate surface area is 149 Å². The second-order valence-electron chi connectivity index (χ2n) is 5.63. The molecule has 7 heteroatoms. The SMILES string of the molecule is CSc1ccc(/C=C2/SC(=O)N(CC(=O)N3CCCC3)C2=O)cc1. The third kappa shape index (κ3) is 3.67. The zero-order valence-corrected chi connectivity index (χ0v) is 15.0. The summed E-state index contributed by atoms with van der Waals surface area (Å²) in [5.41, 5.74) is 0.865. The minimum Gasteiger partial charge on any atom is -0.341 e. The second-order valence-corrected chi connectivity index (χ2v) is 7.50. The van der Waals surface area contributed by atoms with Gasteiger partial charge in [0.1, 0.15) is 6.54 Å². The van der Waals surface area contributed by atoms with Gasteiger partial charge in [-0.1, -0.05) is 12.1 Å². The van der Waals surface area contributed by atoms with Crippen molar-refractivity contribution in [1.29, 1.82) is 0 Å². The fraction of sp³-hybridized carbons (Fsp3) is 0.353. The van der Waals surface area contributed by atoms with Gasteiger partial charge < -0.3 is 4.90 Å². The first-order chi connectivity index (χ1) is 11.6.